The Balaban J connectivity index is 1.70. The van der Waals surface area contributed by atoms with E-state index in [0.717, 1.165) is 24.1 Å². The molecule has 2 heteroatoms. The molecule has 17 heavy (non-hydrogen) atoms. The van der Waals surface area contributed by atoms with E-state index in [1.54, 1.807) is 7.11 Å². The molecule has 0 saturated heterocycles. The average molecular weight is 234 g/mol. The van der Waals surface area contributed by atoms with Crippen molar-refractivity contribution < 1.29 is 10.1 Å². The molecule has 1 aromatic rings. The van der Waals surface area contributed by atoms with Crippen LogP contribution in [0.25, 0.3) is 0 Å². The summed E-state index contributed by atoms with van der Waals surface area (Å²) in [4.78, 5) is 0. The molecule has 1 fully saturated rings. The van der Waals surface area contributed by atoms with E-state index in [0.29, 0.717) is 0 Å². The van der Waals surface area contributed by atoms with E-state index in [-0.39, 0.29) is 0 Å². The van der Waals surface area contributed by atoms with E-state index < -0.39 is 0 Å². The highest BCUT2D eigenvalue weighted by Crippen LogP contribution is 2.22. The third-order valence-electron chi connectivity index (χ3n) is 3.83. The van der Waals surface area contributed by atoms with Gasteiger partial charge in [0.25, 0.3) is 0 Å². The lowest BCUT2D eigenvalue weighted by Crippen LogP contribution is -2.89. The smallest absolute Gasteiger partial charge is 0.118 e. The standard InChI is InChI=1S/C15H23NO/c1-12-3-6-14(11-12)16-10-9-13-4-7-15(17-2)8-5-13/h4-5,7-8,12,14,16H,3,6,9-11H2,1-2H3/p+1/t12-,14-/m1/s1. The second-order valence-corrected chi connectivity index (χ2v) is 5.30. The highest BCUT2D eigenvalue weighted by Gasteiger charge is 2.23. The summed E-state index contributed by atoms with van der Waals surface area (Å²) >= 11 is 0. The number of nitrogens with two attached hydrogens (primary N) is 1. The van der Waals surface area contributed by atoms with Crippen LogP contribution in [-0.4, -0.2) is 19.7 Å². The number of quaternary nitrogens is 1. The summed E-state index contributed by atoms with van der Waals surface area (Å²) in [5.41, 5.74) is 1.41. The maximum absolute atomic E-state index is 5.16. The molecule has 0 amide bonds. The molecule has 1 aliphatic rings. The Morgan fingerprint density at radius 3 is 2.59 bits per heavy atom. The first-order valence-electron chi connectivity index (χ1n) is 6.74. The second-order valence-electron chi connectivity index (χ2n) is 5.30. The fraction of sp³-hybridized carbons (Fsp3) is 0.600. The van der Waals surface area contributed by atoms with Crippen molar-refractivity contribution in [3.8, 4) is 5.75 Å². The van der Waals surface area contributed by atoms with Gasteiger partial charge in [0.15, 0.2) is 0 Å². The predicted octanol–water partition coefficient (Wildman–Crippen LogP) is 1.99. The molecule has 2 atom stereocenters. The minimum atomic E-state index is 0.878. The minimum absolute atomic E-state index is 0.878. The lowest BCUT2D eigenvalue weighted by molar-refractivity contribution is -0.687. The van der Waals surface area contributed by atoms with Crippen LogP contribution in [0.2, 0.25) is 0 Å². The van der Waals surface area contributed by atoms with Gasteiger partial charge in [0.1, 0.15) is 5.75 Å². The van der Waals surface area contributed by atoms with Crippen LogP contribution in [0, 0.1) is 5.92 Å². The number of ether oxygens (including phenoxy) is 1. The summed E-state index contributed by atoms with van der Waals surface area (Å²) in [5, 5.41) is 2.54. The quantitative estimate of drug-likeness (QED) is 0.828. The molecule has 1 aromatic carbocycles. The van der Waals surface area contributed by atoms with Gasteiger partial charge >= 0.3 is 0 Å². The van der Waals surface area contributed by atoms with Gasteiger partial charge < -0.3 is 10.1 Å². The fourth-order valence-corrected chi connectivity index (χ4v) is 2.74. The minimum Gasteiger partial charge on any atom is -0.497 e. The lowest BCUT2D eigenvalue weighted by Gasteiger charge is -2.09. The maximum atomic E-state index is 5.16. The van der Waals surface area contributed by atoms with Crippen molar-refractivity contribution in [3.63, 3.8) is 0 Å². The van der Waals surface area contributed by atoms with Crippen molar-refractivity contribution in [2.24, 2.45) is 5.92 Å². The summed E-state index contributed by atoms with van der Waals surface area (Å²) < 4.78 is 5.16. The molecular weight excluding hydrogens is 210 g/mol. The van der Waals surface area contributed by atoms with E-state index in [2.05, 4.69) is 24.4 Å². The SMILES string of the molecule is COc1ccc(CC[NH2+][C@@H]2CC[C@@H](C)C2)cc1. The molecule has 0 radical (unpaired) electrons. The first-order valence-corrected chi connectivity index (χ1v) is 6.74. The monoisotopic (exact) mass is 234 g/mol. The lowest BCUT2D eigenvalue weighted by atomic mass is 10.1. The van der Waals surface area contributed by atoms with Crippen molar-refractivity contribution in [2.75, 3.05) is 13.7 Å². The Kier molecular flexibility index (Phi) is 4.43. The molecule has 1 saturated carbocycles. The van der Waals surface area contributed by atoms with Gasteiger partial charge in [-0.05, 0) is 36.5 Å². The number of methoxy groups -OCH3 is 1. The van der Waals surface area contributed by atoms with Crippen LogP contribution in [0.3, 0.4) is 0 Å². The Morgan fingerprint density at radius 1 is 1.24 bits per heavy atom. The predicted molar refractivity (Wildman–Crippen MR) is 70.3 cm³/mol. The van der Waals surface area contributed by atoms with Gasteiger partial charge in [-0.3, -0.25) is 0 Å². The van der Waals surface area contributed by atoms with Crippen molar-refractivity contribution in [3.05, 3.63) is 29.8 Å². The van der Waals surface area contributed by atoms with Gasteiger partial charge in [-0.15, -0.1) is 0 Å². The highest BCUT2D eigenvalue weighted by molar-refractivity contribution is 5.27. The molecule has 94 valence electrons. The fourth-order valence-electron chi connectivity index (χ4n) is 2.74. The van der Waals surface area contributed by atoms with Gasteiger partial charge in [0.2, 0.25) is 0 Å². The van der Waals surface area contributed by atoms with Gasteiger partial charge in [-0.2, -0.15) is 0 Å². The number of rotatable bonds is 5. The van der Waals surface area contributed by atoms with Crippen molar-refractivity contribution in [2.45, 2.75) is 38.6 Å². The summed E-state index contributed by atoms with van der Waals surface area (Å²) in [6, 6.07) is 9.32. The Hall–Kier alpha value is -1.02. The van der Waals surface area contributed by atoms with Crippen LogP contribution < -0.4 is 10.1 Å². The molecule has 2 nitrogen and oxygen atoms in total. The van der Waals surface area contributed by atoms with Gasteiger partial charge in [0, 0.05) is 12.8 Å². The molecule has 0 heterocycles. The zero-order chi connectivity index (χ0) is 12.1. The molecule has 0 bridgehead atoms. The number of benzene rings is 1. The first kappa shape index (κ1) is 12.4. The first-order chi connectivity index (χ1) is 8.28. The molecule has 2 N–H and O–H groups in total. The largest absolute Gasteiger partial charge is 0.497 e. The van der Waals surface area contributed by atoms with E-state index in [9.17, 15) is 0 Å². The molecule has 0 aromatic heterocycles. The Morgan fingerprint density at radius 2 is 2.00 bits per heavy atom. The highest BCUT2D eigenvalue weighted by atomic mass is 16.5. The van der Waals surface area contributed by atoms with Crippen LogP contribution in [-0.2, 0) is 6.42 Å². The van der Waals surface area contributed by atoms with Crippen molar-refractivity contribution in [1.29, 1.82) is 0 Å². The van der Waals surface area contributed by atoms with E-state index in [1.165, 1.54) is 31.4 Å². The summed E-state index contributed by atoms with van der Waals surface area (Å²) in [6.07, 6.45) is 5.39. The van der Waals surface area contributed by atoms with Crippen molar-refractivity contribution in [1.82, 2.24) is 0 Å². The normalized spacial score (nSPS) is 23.9. The second kappa shape index (κ2) is 6.06. The Bertz CT molecular complexity index is 333. The summed E-state index contributed by atoms with van der Waals surface area (Å²) in [7, 11) is 1.71. The molecule has 2 rings (SSSR count). The van der Waals surface area contributed by atoms with Crippen molar-refractivity contribution >= 4 is 0 Å². The molecular formula is C15H24NO+. The Labute approximate surface area is 104 Å². The van der Waals surface area contributed by atoms with Crippen LogP contribution in [0.1, 0.15) is 31.7 Å². The molecule has 0 unspecified atom stereocenters. The number of hydrogen-bond acceptors (Lipinski definition) is 1. The zero-order valence-electron chi connectivity index (χ0n) is 11.0. The summed E-state index contributed by atoms with van der Waals surface area (Å²) in [6.45, 7) is 3.58. The topological polar surface area (TPSA) is 25.8 Å². The third kappa shape index (κ3) is 3.74. The van der Waals surface area contributed by atoms with Gasteiger partial charge in [0.05, 0.1) is 19.7 Å². The number of hydrogen-bond donors (Lipinski definition) is 1. The van der Waals surface area contributed by atoms with Crippen LogP contribution in [0.4, 0.5) is 0 Å². The van der Waals surface area contributed by atoms with Gasteiger partial charge in [-0.25, -0.2) is 0 Å². The molecule has 0 spiro atoms. The van der Waals surface area contributed by atoms with Gasteiger partial charge in [-0.1, -0.05) is 19.1 Å². The van der Waals surface area contributed by atoms with E-state index in [4.69, 9.17) is 4.74 Å². The molecule has 0 aliphatic heterocycles. The van der Waals surface area contributed by atoms with Crippen LogP contribution in [0.5, 0.6) is 5.75 Å². The molecule has 1 aliphatic carbocycles. The zero-order valence-corrected chi connectivity index (χ0v) is 11.0. The maximum Gasteiger partial charge on any atom is 0.118 e. The van der Waals surface area contributed by atoms with E-state index >= 15 is 0 Å². The van der Waals surface area contributed by atoms with Crippen LogP contribution >= 0.6 is 0 Å². The average Bonchev–Trinajstić information content (AvgIpc) is 2.76. The third-order valence-corrected chi connectivity index (χ3v) is 3.83. The summed E-state index contributed by atoms with van der Waals surface area (Å²) in [5.74, 6) is 1.89. The van der Waals surface area contributed by atoms with E-state index in [1.807, 2.05) is 12.1 Å². The van der Waals surface area contributed by atoms with Crippen LogP contribution in [0.15, 0.2) is 24.3 Å².